The third kappa shape index (κ3) is 4.58. The molecule has 1 aromatic carbocycles. The standard InChI is InChI=1S/C16H19F3N4O/c1-23(2)14-9-13(16(17,18)19)21-15(22-14)20-10-12(24-3)11-7-5-4-6-8-11/h4-9,12H,10H2,1-3H3,(H,20,21,22). The van der Waals surface area contributed by atoms with Crippen LogP contribution in [0.1, 0.15) is 17.4 Å². The lowest BCUT2D eigenvalue weighted by Gasteiger charge is -2.19. The molecule has 1 atom stereocenters. The molecule has 8 heteroatoms. The van der Waals surface area contributed by atoms with Gasteiger partial charge in [0.2, 0.25) is 5.95 Å². The van der Waals surface area contributed by atoms with E-state index >= 15 is 0 Å². The normalized spacial score (nSPS) is 12.8. The number of aromatic nitrogens is 2. The maximum Gasteiger partial charge on any atom is 0.433 e. The van der Waals surface area contributed by atoms with Crippen molar-refractivity contribution in [3.8, 4) is 0 Å². The highest BCUT2D eigenvalue weighted by Gasteiger charge is 2.34. The first-order valence-corrected chi connectivity index (χ1v) is 7.26. The van der Waals surface area contributed by atoms with E-state index in [0.717, 1.165) is 11.6 Å². The van der Waals surface area contributed by atoms with Crippen LogP contribution in [0.2, 0.25) is 0 Å². The van der Waals surface area contributed by atoms with Crippen LogP contribution in [0.4, 0.5) is 24.9 Å². The maximum atomic E-state index is 13.0. The van der Waals surface area contributed by atoms with Crippen LogP contribution < -0.4 is 10.2 Å². The van der Waals surface area contributed by atoms with Crippen molar-refractivity contribution in [1.82, 2.24) is 9.97 Å². The molecule has 1 unspecified atom stereocenters. The predicted octanol–water partition coefficient (Wildman–Crippen LogP) is 3.36. The minimum Gasteiger partial charge on any atom is -0.375 e. The summed E-state index contributed by atoms with van der Waals surface area (Å²) in [6, 6.07) is 10.3. The summed E-state index contributed by atoms with van der Waals surface area (Å²) in [4.78, 5) is 9.15. The van der Waals surface area contributed by atoms with E-state index in [2.05, 4.69) is 15.3 Å². The highest BCUT2D eigenvalue weighted by molar-refractivity contribution is 5.44. The van der Waals surface area contributed by atoms with Crippen LogP contribution in [-0.4, -0.2) is 37.7 Å². The Labute approximate surface area is 138 Å². The van der Waals surface area contributed by atoms with E-state index in [1.165, 1.54) is 12.0 Å². The van der Waals surface area contributed by atoms with Crippen molar-refractivity contribution in [3.63, 3.8) is 0 Å². The fourth-order valence-electron chi connectivity index (χ4n) is 2.08. The molecule has 2 aromatic rings. The highest BCUT2D eigenvalue weighted by Crippen LogP contribution is 2.30. The molecule has 2 rings (SSSR count). The molecule has 1 heterocycles. The second-order valence-corrected chi connectivity index (χ2v) is 5.34. The lowest BCUT2D eigenvalue weighted by Crippen LogP contribution is -2.20. The van der Waals surface area contributed by atoms with E-state index in [9.17, 15) is 13.2 Å². The fourth-order valence-corrected chi connectivity index (χ4v) is 2.08. The Morgan fingerprint density at radius 3 is 2.38 bits per heavy atom. The number of anilines is 2. The largest absolute Gasteiger partial charge is 0.433 e. The number of nitrogens with zero attached hydrogens (tertiary/aromatic N) is 3. The third-order valence-corrected chi connectivity index (χ3v) is 3.36. The fraction of sp³-hybridized carbons (Fsp3) is 0.375. The van der Waals surface area contributed by atoms with Gasteiger partial charge in [-0.15, -0.1) is 0 Å². The van der Waals surface area contributed by atoms with Gasteiger partial charge < -0.3 is 15.0 Å². The summed E-state index contributed by atoms with van der Waals surface area (Å²) in [6.07, 6.45) is -4.86. The first kappa shape index (κ1) is 18.0. The van der Waals surface area contributed by atoms with E-state index in [-0.39, 0.29) is 24.4 Å². The van der Waals surface area contributed by atoms with Gasteiger partial charge >= 0.3 is 6.18 Å². The van der Waals surface area contributed by atoms with Crippen LogP contribution in [0.25, 0.3) is 0 Å². The van der Waals surface area contributed by atoms with Crippen LogP contribution in [0.3, 0.4) is 0 Å². The van der Waals surface area contributed by atoms with Crippen LogP contribution in [0.5, 0.6) is 0 Å². The Balaban J connectivity index is 2.20. The van der Waals surface area contributed by atoms with Gasteiger partial charge in [0, 0.05) is 33.8 Å². The number of alkyl halides is 3. The van der Waals surface area contributed by atoms with Gasteiger partial charge in [0.1, 0.15) is 5.82 Å². The van der Waals surface area contributed by atoms with Crippen LogP contribution in [0.15, 0.2) is 36.4 Å². The minimum atomic E-state index is -4.54. The molecule has 130 valence electrons. The van der Waals surface area contributed by atoms with Gasteiger partial charge in [-0.1, -0.05) is 30.3 Å². The van der Waals surface area contributed by atoms with Crippen molar-refractivity contribution in [3.05, 3.63) is 47.7 Å². The van der Waals surface area contributed by atoms with Crippen molar-refractivity contribution in [2.45, 2.75) is 12.3 Å². The SMILES string of the molecule is COC(CNc1nc(N(C)C)cc(C(F)(F)F)n1)c1ccccc1. The predicted molar refractivity (Wildman–Crippen MR) is 86.0 cm³/mol. The summed E-state index contributed by atoms with van der Waals surface area (Å²) in [7, 11) is 4.78. The zero-order valence-electron chi connectivity index (χ0n) is 13.6. The zero-order valence-corrected chi connectivity index (χ0v) is 13.6. The van der Waals surface area contributed by atoms with Gasteiger partial charge in [-0.2, -0.15) is 18.2 Å². The molecule has 0 aliphatic rings. The molecule has 0 fully saturated rings. The van der Waals surface area contributed by atoms with Gasteiger partial charge in [0.25, 0.3) is 0 Å². The average Bonchev–Trinajstić information content (AvgIpc) is 2.55. The van der Waals surface area contributed by atoms with Gasteiger partial charge in [-0.05, 0) is 5.56 Å². The molecule has 0 bridgehead atoms. The third-order valence-electron chi connectivity index (χ3n) is 3.36. The van der Waals surface area contributed by atoms with Gasteiger partial charge in [0.05, 0.1) is 6.10 Å². The number of methoxy groups -OCH3 is 1. The van der Waals surface area contributed by atoms with E-state index in [0.29, 0.717) is 0 Å². The van der Waals surface area contributed by atoms with Crippen LogP contribution in [0, 0.1) is 0 Å². The number of rotatable bonds is 6. The van der Waals surface area contributed by atoms with Crippen molar-refractivity contribution in [2.75, 3.05) is 38.0 Å². The van der Waals surface area contributed by atoms with E-state index in [1.807, 2.05) is 30.3 Å². The lowest BCUT2D eigenvalue weighted by atomic mass is 10.1. The number of nitrogens with one attached hydrogen (secondary N) is 1. The topological polar surface area (TPSA) is 50.3 Å². The molecule has 0 radical (unpaired) electrons. The van der Waals surface area contributed by atoms with Gasteiger partial charge in [-0.25, -0.2) is 4.98 Å². The lowest BCUT2D eigenvalue weighted by molar-refractivity contribution is -0.141. The summed E-state index contributed by atoms with van der Waals surface area (Å²) < 4.78 is 44.3. The first-order chi connectivity index (χ1) is 11.3. The minimum absolute atomic E-state index is 0.0912. The average molecular weight is 340 g/mol. The number of halogens is 3. The molecule has 24 heavy (non-hydrogen) atoms. The van der Waals surface area contributed by atoms with Crippen molar-refractivity contribution >= 4 is 11.8 Å². The molecular formula is C16H19F3N4O. The summed E-state index contributed by atoms with van der Waals surface area (Å²) in [5.74, 6) is 0.0833. The van der Waals surface area contributed by atoms with E-state index in [4.69, 9.17) is 4.74 Å². The Bertz CT molecular complexity index is 662. The van der Waals surface area contributed by atoms with E-state index < -0.39 is 11.9 Å². The summed E-state index contributed by atoms with van der Waals surface area (Å²) in [6.45, 7) is 0.245. The molecule has 1 aromatic heterocycles. The molecule has 5 nitrogen and oxygen atoms in total. The van der Waals surface area contributed by atoms with Crippen molar-refractivity contribution in [2.24, 2.45) is 0 Å². The number of hydrogen-bond acceptors (Lipinski definition) is 5. The second kappa shape index (κ2) is 7.48. The smallest absolute Gasteiger partial charge is 0.375 e. The number of benzene rings is 1. The van der Waals surface area contributed by atoms with Gasteiger partial charge in [0.15, 0.2) is 5.69 Å². The maximum absolute atomic E-state index is 13.0. The molecule has 0 amide bonds. The number of hydrogen-bond donors (Lipinski definition) is 1. The second-order valence-electron chi connectivity index (χ2n) is 5.34. The summed E-state index contributed by atoms with van der Waals surface area (Å²) >= 11 is 0. The monoisotopic (exact) mass is 340 g/mol. The molecule has 0 saturated heterocycles. The Hall–Kier alpha value is -2.35. The summed E-state index contributed by atoms with van der Waals surface area (Å²) in [5, 5.41) is 2.83. The Morgan fingerprint density at radius 2 is 1.83 bits per heavy atom. The number of ether oxygens (including phenoxy) is 1. The Morgan fingerprint density at radius 1 is 1.17 bits per heavy atom. The summed E-state index contributed by atoms with van der Waals surface area (Å²) in [5.41, 5.74) is -0.0790. The molecule has 0 aliphatic carbocycles. The van der Waals surface area contributed by atoms with E-state index in [1.54, 1.807) is 14.1 Å². The highest BCUT2D eigenvalue weighted by atomic mass is 19.4. The molecular weight excluding hydrogens is 321 g/mol. The molecule has 0 saturated carbocycles. The zero-order chi connectivity index (χ0) is 17.7. The molecule has 1 N–H and O–H groups in total. The quantitative estimate of drug-likeness (QED) is 0.874. The Kier molecular flexibility index (Phi) is 5.61. The molecule has 0 aliphatic heterocycles. The van der Waals surface area contributed by atoms with Crippen molar-refractivity contribution < 1.29 is 17.9 Å². The van der Waals surface area contributed by atoms with Crippen LogP contribution in [-0.2, 0) is 10.9 Å². The van der Waals surface area contributed by atoms with Gasteiger partial charge in [-0.3, -0.25) is 0 Å². The van der Waals surface area contributed by atoms with Crippen molar-refractivity contribution in [1.29, 1.82) is 0 Å². The molecule has 0 spiro atoms. The first-order valence-electron chi connectivity index (χ1n) is 7.26. The van der Waals surface area contributed by atoms with Crippen LogP contribution >= 0.6 is 0 Å².